The Morgan fingerprint density at radius 1 is 0.969 bits per heavy atom. The van der Waals surface area contributed by atoms with Gasteiger partial charge in [0.15, 0.2) is 23.3 Å². The van der Waals surface area contributed by atoms with E-state index in [1.54, 1.807) is 6.92 Å². The summed E-state index contributed by atoms with van der Waals surface area (Å²) in [6.45, 7) is 1.76. The molecule has 2 heterocycles. The van der Waals surface area contributed by atoms with Crippen molar-refractivity contribution in [2.75, 3.05) is 11.1 Å². The molecule has 4 aromatic rings. The van der Waals surface area contributed by atoms with Crippen LogP contribution in [0.4, 0.5) is 43.5 Å². The second-order valence-corrected chi connectivity index (χ2v) is 6.90. The number of hydrogen-bond donors (Lipinski definition) is 2. The SMILES string of the molecule is CCc1nc2cc(F)c(F)cc2n1-c1cc(N)c(F)c(Nc2ccc(C(F)(F)F)cc2)n1. The highest BCUT2D eigenvalue weighted by Gasteiger charge is 2.30. The fourth-order valence-electron chi connectivity index (χ4n) is 3.23. The maximum Gasteiger partial charge on any atom is 0.416 e. The minimum atomic E-state index is -4.51. The van der Waals surface area contributed by atoms with E-state index in [1.165, 1.54) is 10.6 Å². The van der Waals surface area contributed by atoms with Gasteiger partial charge >= 0.3 is 6.18 Å². The van der Waals surface area contributed by atoms with E-state index >= 15 is 0 Å². The number of nitrogens with two attached hydrogens (primary N) is 1. The van der Waals surface area contributed by atoms with Crippen LogP contribution < -0.4 is 11.1 Å². The average Bonchev–Trinajstić information content (AvgIpc) is 3.08. The van der Waals surface area contributed by atoms with E-state index < -0.39 is 29.2 Å². The molecule has 3 N–H and O–H groups in total. The van der Waals surface area contributed by atoms with Crippen LogP contribution in [0.3, 0.4) is 0 Å². The molecule has 0 amide bonds. The molecule has 0 fully saturated rings. The third-order valence-corrected chi connectivity index (χ3v) is 4.76. The van der Waals surface area contributed by atoms with Crippen molar-refractivity contribution in [1.29, 1.82) is 0 Å². The highest BCUT2D eigenvalue weighted by atomic mass is 19.4. The molecule has 0 unspecified atom stereocenters. The summed E-state index contributed by atoms with van der Waals surface area (Å²) in [5.74, 6) is -2.98. The first-order chi connectivity index (χ1) is 15.1. The van der Waals surface area contributed by atoms with Crippen LogP contribution in [0.2, 0.25) is 0 Å². The van der Waals surface area contributed by atoms with Crippen LogP contribution in [0, 0.1) is 17.5 Å². The van der Waals surface area contributed by atoms with E-state index in [4.69, 9.17) is 5.73 Å². The first-order valence-corrected chi connectivity index (χ1v) is 9.35. The lowest BCUT2D eigenvalue weighted by Crippen LogP contribution is -2.09. The monoisotopic (exact) mass is 451 g/mol. The van der Waals surface area contributed by atoms with Gasteiger partial charge in [-0.25, -0.2) is 23.1 Å². The Kier molecular flexibility index (Phi) is 5.19. The minimum absolute atomic E-state index is 0.0728. The molecule has 0 bridgehead atoms. The Morgan fingerprint density at radius 2 is 1.62 bits per heavy atom. The molecule has 166 valence electrons. The molecule has 2 aromatic heterocycles. The van der Waals surface area contributed by atoms with Crippen LogP contribution in [0.1, 0.15) is 18.3 Å². The number of imidazole rings is 1. The van der Waals surface area contributed by atoms with Gasteiger partial charge in [-0.2, -0.15) is 13.2 Å². The lowest BCUT2D eigenvalue weighted by Gasteiger charge is -2.14. The lowest BCUT2D eigenvalue weighted by molar-refractivity contribution is -0.137. The summed E-state index contributed by atoms with van der Waals surface area (Å²) in [5.41, 5.74) is 5.11. The molecule has 4 rings (SSSR count). The van der Waals surface area contributed by atoms with E-state index in [9.17, 15) is 26.3 Å². The van der Waals surface area contributed by atoms with Gasteiger partial charge in [0.05, 0.1) is 22.3 Å². The Labute approximate surface area is 177 Å². The molecule has 0 radical (unpaired) electrons. The van der Waals surface area contributed by atoms with Gasteiger partial charge in [0.1, 0.15) is 11.6 Å². The Hall–Kier alpha value is -3.76. The largest absolute Gasteiger partial charge is 0.416 e. The fraction of sp³-hybridized carbons (Fsp3) is 0.143. The van der Waals surface area contributed by atoms with Gasteiger partial charge in [0, 0.05) is 30.3 Å². The first-order valence-electron chi connectivity index (χ1n) is 9.35. The summed E-state index contributed by atoms with van der Waals surface area (Å²) in [6, 6.07) is 7.00. The minimum Gasteiger partial charge on any atom is -0.396 e. The number of fused-ring (bicyclic) bond motifs is 1. The third-order valence-electron chi connectivity index (χ3n) is 4.76. The van der Waals surface area contributed by atoms with Gasteiger partial charge < -0.3 is 11.1 Å². The highest BCUT2D eigenvalue weighted by molar-refractivity contribution is 5.79. The van der Waals surface area contributed by atoms with Crippen LogP contribution in [0.25, 0.3) is 16.9 Å². The molecule has 0 aliphatic rings. The van der Waals surface area contributed by atoms with E-state index in [2.05, 4.69) is 15.3 Å². The quantitative estimate of drug-likeness (QED) is 0.388. The zero-order valence-corrected chi connectivity index (χ0v) is 16.4. The molecule has 0 saturated heterocycles. The van der Waals surface area contributed by atoms with Crippen molar-refractivity contribution in [3.8, 4) is 5.82 Å². The number of pyridine rings is 1. The number of hydrogen-bond acceptors (Lipinski definition) is 4. The Balaban J connectivity index is 1.81. The second-order valence-electron chi connectivity index (χ2n) is 6.90. The van der Waals surface area contributed by atoms with Crippen molar-refractivity contribution in [1.82, 2.24) is 14.5 Å². The third kappa shape index (κ3) is 3.81. The van der Waals surface area contributed by atoms with Crippen molar-refractivity contribution in [3.63, 3.8) is 0 Å². The topological polar surface area (TPSA) is 68.8 Å². The molecule has 0 saturated carbocycles. The van der Waals surface area contributed by atoms with Crippen molar-refractivity contribution in [2.24, 2.45) is 0 Å². The van der Waals surface area contributed by atoms with E-state index in [1.807, 2.05) is 0 Å². The van der Waals surface area contributed by atoms with Gasteiger partial charge in [0.25, 0.3) is 0 Å². The lowest BCUT2D eigenvalue weighted by atomic mass is 10.2. The van der Waals surface area contributed by atoms with Gasteiger partial charge in [-0.3, -0.25) is 4.57 Å². The molecule has 0 spiro atoms. The second kappa shape index (κ2) is 7.74. The van der Waals surface area contributed by atoms with Crippen LogP contribution in [-0.2, 0) is 12.6 Å². The number of alkyl halides is 3. The molecular formula is C21H15F6N5. The molecule has 0 atom stereocenters. The zero-order chi connectivity index (χ0) is 23.2. The molecule has 0 aliphatic heterocycles. The first kappa shape index (κ1) is 21.5. The molecule has 2 aromatic carbocycles. The maximum atomic E-state index is 14.6. The molecule has 5 nitrogen and oxygen atoms in total. The summed E-state index contributed by atoms with van der Waals surface area (Å²) in [7, 11) is 0. The summed E-state index contributed by atoms with van der Waals surface area (Å²) in [5, 5.41) is 2.60. The van der Waals surface area contributed by atoms with Crippen LogP contribution in [-0.4, -0.2) is 14.5 Å². The van der Waals surface area contributed by atoms with E-state index in [-0.39, 0.29) is 34.0 Å². The van der Waals surface area contributed by atoms with Gasteiger partial charge in [-0.05, 0) is 24.3 Å². The Bertz CT molecular complexity index is 1310. The molecule has 0 aliphatic carbocycles. The molecular weight excluding hydrogens is 436 g/mol. The smallest absolute Gasteiger partial charge is 0.396 e. The molecule has 11 heteroatoms. The van der Waals surface area contributed by atoms with Crippen LogP contribution in [0.5, 0.6) is 0 Å². The van der Waals surface area contributed by atoms with Crippen molar-refractivity contribution < 1.29 is 26.3 Å². The highest BCUT2D eigenvalue weighted by Crippen LogP contribution is 2.32. The number of anilines is 3. The number of nitrogens with zero attached hydrogens (tertiary/aromatic N) is 3. The number of nitrogens with one attached hydrogen (secondary N) is 1. The van der Waals surface area contributed by atoms with Gasteiger partial charge in [0.2, 0.25) is 0 Å². The van der Waals surface area contributed by atoms with Crippen molar-refractivity contribution in [3.05, 3.63) is 71.3 Å². The summed E-state index contributed by atoms with van der Waals surface area (Å²) < 4.78 is 81.8. The van der Waals surface area contributed by atoms with Gasteiger partial charge in [-0.1, -0.05) is 6.92 Å². The van der Waals surface area contributed by atoms with Crippen LogP contribution in [0.15, 0.2) is 42.5 Å². The predicted octanol–water partition coefficient (Wildman–Crippen LogP) is 5.74. The maximum absolute atomic E-state index is 14.6. The summed E-state index contributed by atoms with van der Waals surface area (Å²) in [4.78, 5) is 8.43. The van der Waals surface area contributed by atoms with Crippen LogP contribution >= 0.6 is 0 Å². The average molecular weight is 451 g/mol. The zero-order valence-electron chi connectivity index (χ0n) is 16.4. The fourth-order valence-corrected chi connectivity index (χ4v) is 3.23. The number of rotatable bonds is 4. The Morgan fingerprint density at radius 3 is 2.25 bits per heavy atom. The number of aryl methyl sites for hydroxylation is 1. The number of nitrogen functional groups attached to an aromatic ring is 1. The normalized spacial score (nSPS) is 11.8. The molecule has 32 heavy (non-hydrogen) atoms. The summed E-state index contributed by atoms with van der Waals surface area (Å²) in [6.07, 6.45) is -4.15. The van der Waals surface area contributed by atoms with Gasteiger partial charge in [-0.15, -0.1) is 0 Å². The van der Waals surface area contributed by atoms with E-state index in [0.717, 1.165) is 36.4 Å². The number of aromatic nitrogens is 3. The summed E-state index contributed by atoms with van der Waals surface area (Å²) >= 11 is 0. The van der Waals surface area contributed by atoms with E-state index in [0.29, 0.717) is 12.2 Å². The van der Waals surface area contributed by atoms with Crippen molar-refractivity contribution in [2.45, 2.75) is 19.5 Å². The predicted molar refractivity (Wildman–Crippen MR) is 107 cm³/mol. The standard InChI is InChI=1S/C21H15F6N5/c1-2-17-30-15-7-12(22)13(23)8-16(15)32(17)18-9-14(28)19(24)20(31-18)29-11-5-3-10(4-6-11)21(25,26)27/h3-9H,2H2,1H3,(H3,28,29,31). The number of benzene rings is 2. The number of halogens is 6. The van der Waals surface area contributed by atoms with Crippen molar-refractivity contribution >= 4 is 28.2 Å².